The first-order chi connectivity index (χ1) is 11.1. The van der Waals surface area contributed by atoms with Crippen LogP contribution in [0.5, 0.6) is 0 Å². The van der Waals surface area contributed by atoms with Gasteiger partial charge in [-0.3, -0.25) is 14.0 Å². The van der Waals surface area contributed by atoms with E-state index in [1.165, 1.54) is 0 Å². The number of nitrogens with one attached hydrogen (secondary N) is 1. The summed E-state index contributed by atoms with van der Waals surface area (Å²) in [7, 11) is 0. The summed E-state index contributed by atoms with van der Waals surface area (Å²) >= 11 is 0. The summed E-state index contributed by atoms with van der Waals surface area (Å²) in [5, 5.41) is 15.1. The lowest BCUT2D eigenvalue weighted by Crippen LogP contribution is -2.14. The van der Waals surface area contributed by atoms with Crippen molar-refractivity contribution in [2.45, 2.75) is 27.3 Å². The predicted octanol–water partition coefficient (Wildman–Crippen LogP) is 2.35. The summed E-state index contributed by atoms with van der Waals surface area (Å²) < 4.78 is 3.52. The number of rotatable bonds is 4. The first kappa shape index (κ1) is 15.0. The van der Waals surface area contributed by atoms with Crippen molar-refractivity contribution >= 4 is 11.6 Å². The topological polar surface area (TPSA) is 77.6 Å². The van der Waals surface area contributed by atoms with Gasteiger partial charge in [-0.15, -0.1) is 10.2 Å². The van der Waals surface area contributed by atoms with Crippen molar-refractivity contribution in [3.8, 4) is 5.82 Å². The molecule has 0 atom stereocenters. The van der Waals surface area contributed by atoms with Crippen LogP contribution in [0.3, 0.4) is 0 Å². The molecule has 0 spiro atoms. The van der Waals surface area contributed by atoms with Crippen LogP contribution in [0, 0.1) is 13.8 Å². The van der Waals surface area contributed by atoms with E-state index in [0.29, 0.717) is 23.6 Å². The molecule has 1 aromatic carbocycles. The number of hydrogen-bond acceptors (Lipinski definition) is 4. The van der Waals surface area contributed by atoms with E-state index in [1.807, 2.05) is 43.7 Å². The Hall–Kier alpha value is -2.96. The van der Waals surface area contributed by atoms with E-state index in [0.717, 1.165) is 11.3 Å². The van der Waals surface area contributed by atoms with Gasteiger partial charge in [0.15, 0.2) is 5.82 Å². The Balaban J connectivity index is 1.99. The minimum atomic E-state index is -0.165. The van der Waals surface area contributed by atoms with Crippen molar-refractivity contribution in [3.05, 3.63) is 53.7 Å². The van der Waals surface area contributed by atoms with E-state index in [9.17, 15) is 4.79 Å². The average Bonchev–Trinajstić information content (AvgIpc) is 3.16. The maximum absolute atomic E-state index is 12.5. The lowest BCUT2D eigenvalue weighted by atomic mass is 10.1. The summed E-state index contributed by atoms with van der Waals surface area (Å²) in [6, 6.07) is 7.47. The van der Waals surface area contributed by atoms with Gasteiger partial charge in [0.2, 0.25) is 0 Å². The molecule has 0 aliphatic heterocycles. The van der Waals surface area contributed by atoms with Gasteiger partial charge in [-0.05, 0) is 32.9 Å². The quantitative estimate of drug-likeness (QED) is 0.802. The van der Waals surface area contributed by atoms with Crippen LogP contribution in [0.1, 0.15) is 28.5 Å². The van der Waals surface area contributed by atoms with Crippen LogP contribution in [0.4, 0.5) is 5.69 Å². The van der Waals surface area contributed by atoms with Gasteiger partial charge in [0.1, 0.15) is 18.3 Å². The molecule has 0 aliphatic rings. The molecular formula is C16H18N6O. The maximum Gasteiger partial charge on any atom is 0.255 e. The van der Waals surface area contributed by atoms with Gasteiger partial charge in [0.05, 0.1) is 5.69 Å². The minimum Gasteiger partial charge on any atom is -0.317 e. The van der Waals surface area contributed by atoms with E-state index in [2.05, 4.69) is 20.6 Å². The molecule has 0 saturated carbocycles. The van der Waals surface area contributed by atoms with Gasteiger partial charge in [-0.2, -0.15) is 5.10 Å². The zero-order valence-corrected chi connectivity index (χ0v) is 13.3. The van der Waals surface area contributed by atoms with E-state index in [1.54, 1.807) is 23.3 Å². The largest absolute Gasteiger partial charge is 0.317 e. The molecule has 7 heteroatoms. The molecule has 2 aromatic heterocycles. The summed E-state index contributed by atoms with van der Waals surface area (Å²) in [6.07, 6.45) is 3.12. The van der Waals surface area contributed by atoms with Crippen LogP contribution in [-0.4, -0.2) is 30.5 Å². The molecule has 0 bridgehead atoms. The number of benzene rings is 1. The Kier molecular flexibility index (Phi) is 3.92. The molecule has 3 rings (SSSR count). The highest BCUT2D eigenvalue weighted by Gasteiger charge is 2.18. The Bertz CT molecular complexity index is 834. The second kappa shape index (κ2) is 6.04. The lowest BCUT2D eigenvalue weighted by Gasteiger charge is -2.07. The van der Waals surface area contributed by atoms with Gasteiger partial charge in [0, 0.05) is 12.1 Å². The first-order valence-electron chi connectivity index (χ1n) is 7.40. The zero-order valence-electron chi connectivity index (χ0n) is 13.3. The van der Waals surface area contributed by atoms with Gasteiger partial charge in [-0.25, -0.2) is 0 Å². The van der Waals surface area contributed by atoms with Crippen LogP contribution in [0.15, 0.2) is 36.9 Å². The normalized spacial score (nSPS) is 10.7. The minimum absolute atomic E-state index is 0.165. The van der Waals surface area contributed by atoms with Crippen LogP contribution in [0.2, 0.25) is 0 Å². The van der Waals surface area contributed by atoms with Crippen LogP contribution < -0.4 is 5.32 Å². The SMILES string of the molecule is CCn1nc(-n2cnnc2)c(NC(=O)c2cccc(C)c2)c1C. The molecule has 0 saturated heterocycles. The Morgan fingerprint density at radius 3 is 2.61 bits per heavy atom. The van der Waals surface area contributed by atoms with Crippen molar-refractivity contribution in [2.75, 3.05) is 5.32 Å². The number of hydrogen-bond donors (Lipinski definition) is 1. The highest BCUT2D eigenvalue weighted by molar-refractivity contribution is 6.05. The van der Waals surface area contributed by atoms with Crippen molar-refractivity contribution in [3.63, 3.8) is 0 Å². The number of nitrogens with zero attached hydrogens (tertiary/aromatic N) is 5. The van der Waals surface area contributed by atoms with Crippen molar-refractivity contribution in [1.82, 2.24) is 24.5 Å². The molecule has 23 heavy (non-hydrogen) atoms. The lowest BCUT2D eigenvalue weighted by molar-refractivity contribution is 0.102. The fourth-order valence-corrected chi connectivity index (χ4v) is 2.45. The third-order valence-corrected chi connectivity index (χ3v) is 3.67. The van der Waals surface area contributed by atoms with Gasteiger partial charge in [0.25, 0.3) is 5.91 Å². The maximum atomic E-state index is 12.5. The summed E-state index contributed by atoms with van der Waals surface area (Å²) in [5.74, 6) is 0.442. The number of carbonyl (C=O) groups is 1. The van der Waals surface area contributed by atoms with Crippen LogP contribution in [-0.2, 0) is 6.54 Å². The number of anilines is 1. The number of aromatic nitrogens is 5. The molecule has 118 valence electrons. The van der Waals surface area contributed by atoms with Crippen molar-refractivity contribution < 1.29 is 4.79 Å². The summed E-state index contributed by atoms with van der Waals surface area (Å²) in [6.45, 7) is 6.60. The predicted molar refractivity (Wildman–Crippen MR) is 86.7 cm³/mol. The number of amides is 1. The van der Waals surface area contributed by atoms with Gasteiger partial charge in [-0.1, -0.05) is 17.7 Å². The summed E-state index contributed by atoms with van der Waals surface area (Å²) in [4.78, 5) is 12.5. The molecule has 1 N–H and O–H groups in total. The van der Waals surface area contributed by atoms with Crippen LogP contribution in [0.25, 0.3) is 5.82 Å². The van der Waals surface area contributed by atoms with E-state index < -0.39 is 0 Å². The first-order valence-corrected chi connectivity index (χ1v) is 7.40. The Morgan fingerprint density at radius 1 is 1.22 bits per heavy atom. The number of aryl methyl sites for hydroxylation is 2. The third-order valence-electron chi connectivity index (χ3n) is 3.67. The second-order valence-electron chi connectivity index (χ2n) is 5.29. The number of carbonyl (C=O) groups excluding carboxylic acids is 1. The van der Waals surface area contributed by atoms with E-state index >= 15 is 0 Å². The molecule has 0 aliphatic carbocycles. The molecule has 0 radical (unpaired) electrons. The molecule has 2 heterocycles. The molecule has 7 nitrogen and oxygen atoms in total. The molecule has 0 unspecified atom stereocenters. The average molecular weight is 310 g/mol. The van der Waals surface area contributed by atoms with Crippen molar-refractivity contribution in [2.24, 2.45) is 0 Å². The van der Waals surface area contributed by atoms with Gasteiger partial charge < -0.3 is 5.32 Å². The monoisotopic (exact) mass is 310 g/mol. The summed E-state index contributed by atoms with van der Waals surface area (Å²) in [5.41, 5.74) is 3.20. The zero-order chi connectivity index (χ0) is 16.4. The highest BCUT2D eigenvalue weighted by atomic mass is 16.1. The van der Waals surface area contributed by atoms with Crippen LogP contribution >= 0.6 is 0 Å². The van der Waals surface area contributed by atoms with Gasteiger partial charge >= 0.3 is 0 Å². The fraction of sp³-hybridized carbons (Fsp3) is 0.250. The third kappa shape index (κ3) is 2.85. The second-order valence-corrected chi connectivity index (χ2v) is 5.29. The molecule has 0 fully saturated rings. The van der Waals surface area contributed by atoms with E-state index in [4.69, 9.17) is 0 Å². The highest BCUT2D eigenvalue weighted by Crippen LogP contribution is 2.24. The molecule has 1 amide bonds. The molecule has 3 aromatic rings. The Morgan fingerprint density at radius 2 is 1.96 bits per heavy atom. The Labute approximate surface area is 134 Å². The van der Waals surface area contributed by atoms with Crippen molar-refractivity contribution in [1.29, 1.82) is 0 Å². The standard InChI is InChI=1S/C16H18N6O/c1-4-22-12(3)14(15(20-22)21-9-17-18-10-21)19-16(23)13-7-5-6-11(2)8-13/h5-10H,4H2,1-3H3,(H,19,23). The molecular weight excluding hydrogens is 292 g/mol. The van der Waals surface area contributed by atoms with E-state index in [-0.39, 0.29) is 5.91 Å². The smallest absolute Gasteiger partial charge is 0.255 e. The fourth-order valence-electron chi connectivity index (χ4n) is 2.45.